The van der Waals surface area contributed by atoms with Crippen LogP contribution in [0.4, 0.5) is 0 Å². The number of β-amino-alcohol motifs (C(OH)–C–C–N with tert-alkyl or cyclic N) is 1. The third kappa shape index (κ3) is 0.889. The zero-order chi connectivity index (χ0) is 5.28. The van der Waals surface area contributed by atoms with Crippen molar-refractivity contribution < 1.29 is 5.11 Å². The first kappa shape index (κ1) is 4.99. The lowest BCUT2D eigenvalue weighted by molar-refractivity contribution is -0.0201. The van der Waals surface area contributed by atoms with Crippen LogP contribution in [0.5, 0.6) is 0 Å². The monoisotopic (exact) mass is 103 g/mol. The Hall–Kier alpha value is -0.160. The van der Waals surface area contributed by atoms with E-state index in [-0.39, 0.29) is 6.10 Å². The highest BCUT2D eigenvalue weighted by Crippen LogP contribution is 2.00. The quantitative estimate of drug-likeness (QED) is 0.403. The number of nitrogens with zero attached hydrogens (tertiary/aromatic N) is 1. The number of aliphatic hydroxyl groups is 1. The summed E-state index contributed by atoms with van der Waals surface area (Å²) < 4.78 is 0. The number of nitrogens with one attached hydrogen (secondary N) is 1. The third-order valence-corrected chi connectivity index (χ3v) is 0.991. The Labute approximate surface area is 41.3 Å². The maximum absolute atomic E-state index is 9.62. The van der Waals surface area contributed by atoms with Crippen LogP contribution in [0.1, 0.15) is 0 Å². The number of hydrazine groups is 1. The Bertz CT molecular complexity index is 62.0. The summed E-state index contributed by atoms with van der Waals surface area (Å²) in [6, 6.07) is 0. The first-order valence-electron chi connectivity index (χ1n) is 2.13. The summed E-state index contributed by atoms with van der Waals surface area (Å²) >= 11 is 0. The normalized spacial score (nSPS) is 24.9. The van der Waals surface area contributed by atoms with E-state index in [4.69, 9.17) is 5.11 Å². The largest absolute Gasteiger partial charge is 0.774 e. The lowest BCUT2D eigenvalue weighted by Crippen LogP contribution is -2.55. The van der Waals surface area contributed by atoms with Crippen LogP contribution in [0, 0.1) is 5.21 Å². The molecule has 0 saturated carbocycles. The number of rotatable bonds is 1. The molecule has 0 radical (unpaired) electrons. The van der Waals surface area contributed by atoms with E-state index in [1.54, 1.807) is 5.59 Å². The summed E-state index contributed by atoms with van der Waals surface area (Å²) in [5, 5.41) is 19.5. The van der Waals surface area contributed by atoms with Gasteiger partial charge in [0.05, 0.1) is 6.10 Å². The smallest absolute Gasteiger partial charge is 0.0821 e. The molecule has 42 valence electrons. The van der Waals surface area contributed by atoms with Gasteiger partial charge in [-0.2, -0.15) is 0 Å². The molecule has 2 N–H and O–H groups in total. The Morgan fingerprint density at radius 1 is 1.71 bits per heavy atom. The Kier molecular flexibility index (Phi) is 1.25. The van der Waals surface area contributed by atoms with Gasteiger partial charge in [-0.1, -0.05) is 0 Å². The summed E-state index contributed by atoms with van der Waals surface area (Å²) in [5.41, 5.74) is 1.66. The molecular weight excluding hydrogens is 96.0 g/mol. The van der Waals surface area contributed by atoms with Crippen molar-refractivity contribution in [3.05, 3.63) is 5.21 Å². The van der Waals surface area contributed by atoms with E-state index < -0.39 is 0 Å². The fraction of sp³-hybridized carbons (Fsp3) is 1.00. The molecule has 0 unspecified atom stereocenters. The second-order valence-corrected chi connectivity index (χ2v) is 1.65. The van der Waals surface area contributed by atoms with Gasteiger partial charge in [0.15, 0.2) is 0 Å². The van der Waals surface area contributed by atoms with Crippen LogP contribution in [-0.2, 0) is 0 Å². The highest BCUT2D eigenvalue weighted by Gasteiger charge is 2.20. The van der Waals surface area contributed by atoms with Crippen molar-refractivity contribution in [2.24, 2.45) is 0 Å². The minimum absolute atomic E-state index is 0.290. The van der Waals surface area contributed by atoms with Gasteiger partial charge in [-0.05, 0) is 0 Å². The van der Waals surface area contributed by atoms with Gasteiger partial charge in [-0.15, -0.1) is 0 Å². The average Bonchev–Trinajstić information content (AvgIpc) is 1.58. The van der Waals surface area contributed by atoms with Crippen LogP contribution >= 0.6 is 0 Å². The third-order valence-electron chi connectivity index (χ3n) is 0.991. The molecule has 0 aromatic rings. The molecule has 0 bridgehead atoms. The van der Waals surface area contributed by atoms with Crippen LogP contribution in [0.3, 0.4) is 0 Å². The Morgan fingerprint density at radius 2 is 2.29 bits per heavy atom. The van der Waals surface area contributed by atoms with Gasteiger partial charge in [0.25, 0.3) is 0 Å². The summed E-state index contributed by atoms with van der Waals surface area (Å²) in [6.45, 7) is 0.924. The molecule has 4 heteroatoms. The van der Waals surface area contributed by atoms with Gasteiger partial charge in [0.1, 0.15) is 0 Å². The molecule has 1 aliphatic rings. The first-order chi connectivity index (χ1) is 3.33. The van der Waals surface area contributed by atoms with Crippen LogP contribution < -0.4 is 5.59 Å². The van der Waals surface area contributed by atoms with E-state index in [0.29, 0.717) is 13.1 Å². The van der Waals surface area contributed by atoms with Crippen molar-refractivity contribution >= 4 is 0 Å². The van der Waals surface area contributed by atoms with Crippen molar-refractivity contribution in [2.75, 3.05) is 13.1 Å². The van der Waals surface area contributed by atoms with E-state index in [1.165, 1.54) is 5.01 Å². The minimum atomic E-state index is -0.290. The molecule has 0 aromatic carbocycles. The van der Waals surface area contributed by atoms with Gasteiger partial charge in [-0.25, -0.2) is 0 Å². The van der Waals surface area contributed by atoms with Gasteiger partial charge in [0.2, 0.25) is 0 Å². The topological polar surface area (TPSA) is 58.6 Å². The molecule has 4 nitrogen and oxygen atoms in total. The fourth-order valence-corrected chi connectivity index (χ4v) is 0.530. The molecule has 1 saturated heterocycles. The molecular formula is C3H7N2O2-. The lowest BCUT2D eigenvalue weighted by Gasteiger charge is -2.38. The molecule has 0 aliphatic carbocycles. The van der Waals surface area contributed by atoms with E-state index in [2.05, 4.69) is 0 Å². The number of hydrogen-bond donors (Lipinski definition) is 2. The van der Waals surface area contributed by atoms with Gasteiger partial charge >= 0.3 is 0 Å². The fourth-order valence-electron chi connectivity index (χ4n) is 0.530. The Balaban J connectivity index is 2.06. The highest BCUT2D eigenvalue weighted by atomic mass is 16.5. The van der Waals surface area contributed by atoms with Crippen LogP contribution in [-0.4, -0.2) is 29.3 Å². The summed E-state index contributed by atoms with van der Waals surface area (Å²) in [4.78, 5) is 0. The van der Waals surface area contributed by atoms with Crippen molar-refractivity contribution in [1.82, 2.24) is 10.6 Å². The zero-order valence-electron chi connectivity index (χ0n) is 3.79. The predicted octanol–water partition coefficient (Wildman–Crippen LogP) is -1.33. The SMILES string of the molecule is [O-]NN1CC(O)C1. The minimum Gasteiger partial charge on any atom is -0.774 e. The second-order valence-electron chi connectivity index (χ2n) is 1.65. The van der Waals surface area contributed by atoms with E-state index in [1.807, 2.05) is 0 Å². The van der Waals surface area contributed by atoms with Crippen molar-refractivity contribution in [1.29, 1.82) is 0 Å². The molecule has 1 aliphatic heterocycles. The summed E-state index contributed by atoms with van der Waals surface area (Å²) in [6.07, 6.45) is -0.290. The number of aliphatic hydroxyl groups excluding tert-OH is 1. The summed E-state index contributed by atoms with van der Waals surface area (Å²) in [5.74, 6) is 0. The molecule has 0 aromatic heterocycles. The lowest BCUT2D eigenvalue weighted by atomic mass is 10.2. The molecule has 1 rings (SSSR count). The van der Waals surface area contributed by atoms with Gasteiger partial charge in [0, 0.05) is 13.1 Å². The zero-order valence-corrected chi connectivity index (χ0v) is 3.79. The standard InChI is InChI=1S/C3H7N2O2/c6-3-1-5(2-3)4-7/h3-4,6H,1-2H2/q-1. The van der Waals surface area contributed by atoms with Gasteiger partial charge < -0.3 is 15.9 Å². The molecule has 0 atom stereocenters. The molecule has 1 heterocycles. The molecule has 7 heavy (non-hydrogen) atoms. The second kappa shape index (κ2) is 1.75. The maximum atomic E-state index is 9.62. The van der Waals surface area contributed by atoms with Gasteiger partial charge in [-0.3, -0.25) is 5.01 Å². The van der Waals surface area contributed by atoms with Crippen molar-refractivity contribution in [3.63, 3.8) is 0 Å². The van der Waals surface area contributed by atoms with E-state index in [9.17, 15) is 5.21 Å². The Morgan fingerprint density at radius 3 is 2.43 bits per heavy atom. The molecule has 1 fully saturated rings. The maximum Gasteiger partial charge on any atom is 0.0821 e. The number of hydrogen-bond acceptors (Lipinski definition) is 4. The highest BCUT2D eigenvalue weighted by molar-refractivity contribution is 4.74. The average molecular weight is 103 g/mol. The molecule has 0 amide bonds. The van der Waals surface area contributed by atoms with Crippen LogP contribution in [0.2, 0.25) is 0 Å². The first-order valence-corrected chi connectivity index (χ1v) is 2.13. The van der Waals surface area contributed by atoms with E-state index in [0.717, 1.165) is 0 Å². The predicted molar refractivity (Wildman–Crippen MR) is 24.1 cm³/mol. The van der Waals surface area contributed by atoms with Crippen molar-refractivity contribution in [3.8, 4) is 0 Å². The molecule has 0 spiro atoms. The van der Waals surface area contributed by atoms with E-state index >= 15 is 0 Å². The summed E-state index contributed by atoms with van der Waals surface area (Å²) in [7, 11) is 0. The van der Waals surface area contributed by atoms with Crippen molar-refractivity contribution in [2.45, 2.75) is 6.10 Å². The van der Waals surface area contributed by atoms with Crippen LogP contribution in [0.25, 0.3) is 0 Å². The van der Waals surface area contributed by atoms with Crippen LogP contribution in [0.15, 0.2) is 0 Å².